The zero-order valence-electron chi connectivity index (χ0n) is 16.4. The Hall–Kier alpha value is -3.92. The van der Waals surface area contributed by atoms with Crippen LogP contribution in [0.3, 0.4) is 0 Å². The van der Waals surface area contributed by atoms with Gasteiger partial charge in [0.05, 0.1) is 17.3 Å². The molecule has 7 heteroatoms. The predicted octanol–water partition coefficient (Wildman–Crippen LogP) is 3.27. The molecular formula is C23H21N5O2. The van der Waals surface area contributed by atoms with E-state index in [2.05, 4.69) is 15.6 Å². The first-order valence-corrected chi connectivity index (χ1v) is 9.89. The molecule has 0 spiro atoms. The van der Waals surface area contributed by atoms with Crippen molar-refractivity contribution in [2.75, 3.05) is 5.32 Å². The van der Waals surface area contributed by atoms with Crippen LogP contribution in [0.1, 0.15) is 50.8 Å². The molecule has 0 unspecified atom stereocenters. The van der Waals surface area contributed by atoms with Gasteiger partial charge >= 0.3 is 0 Å². The van der Waals surface area contributed by atoms with Gasteiger partial charge in [0.1, 0.15) is 0 Å². The predicted molar refractivity (Wildman–Crippen MR) is 112 cm³/mol. The van der Waals surface area contributed by atoms with Crippen molar-refractivity contribution in [2.24, 2.45) is 0 Å². The first-order valence-electron chi connectivity index (χ1n) is 9.89. The molecule has 1 aliphatic heterocycles. The van der Waals surface area contributed by atoms with Crippen molar-refractivity contribution in [2.45, 2.75) is 32.4 Å². The van der Waals surface area contributed by atoms with Gasteiger partial charge in [-0.05, 0) is 49.1 Å². The molecule has 0 saturated carbocycles. The lowest BCUT2D eigenvalue weighted by Crippen LogP contribution is -2.27. The van der Waals surface area contributed by atoms with E-state index in [1.54, 1.807) is 24.3 Å². The van der Waals surface area contributed by atoms with Crippen LogP contribution in [0.4, 0.5) is 5.69 Å². The highest BCUT2D eigenvalue weighted by molar-refractivity contribution is 6.05. The lowest BCUT2D eigenvalue weighted by Gasteiger charge is -2.17. The lowest BCUT2D eigenvalue weighted by molar-refractivity contribution is 0.0935. The van der Waals surface area contributed by atoms with E-state index in [9.17, 15) is 9.59 Å². The SMILES string of the molecule is N#Cc1ccc(NC(=O)c2nc(C(=O)NCc3ccccc3)n3c2CCCC3)cc1. The number of nitriles is 1. The van der Waals surface area contributed by atoms with Gasteiger partial charge in [0, 0.05) is 18.8 Å². The van der Waals surface area contributed by atoms with E-state index < -0.39 is 0 Å². The molecule has 2 amide bonds. The molecule has 4 rings (SSSR count). The van der Waals surface area contributed by atoms with E-state index in [1.165, 1.54) is 0 Å². The summed E-state index contributed by atoms with van der Waals surface area (Å²) in [7, 11) is 0. The minimum Gasteiger partial charge on any atom is -0.345 e. The van der Waals surface area contributed by atoms with Gasteiger partial charge in [-0.1, -0.05) is 30.3 Å². The number of rotatable bonds is 5. The highest BCUT2D eigenvalue weighted by Gasteiger charge is 2.27. The standard InChI is InChI=1S/C23H21N5O2/c24-14-16-9-11-18(12-10-16)26-22(29)20-19-8-4-5-13-28(19)21(27-20)23(30)25-15-17-6-2-1-3-7-17/h1-3,6-7,9-12H,4-5,8,13,15H2,(H,25,30)(H,26,29). The molecular weight excluding hydrogens is 378 g/mol. The van der Waals surface area contributed by atoms with Crippen molar-refractivity contribution in [3.05, 3.63) is 82.9 Å². The molecule has 0 atom stereocenters. The van der Waals surface area contributed by atoms with Crippen LogP contribution in [0, 0.1) is 11.3 Å². The second-order valence-corrected chi connectivity index (χ2v) is 7.15. The number of aromatic nitrogens is 2. The van der Waals surface area contributed by atoms with Crippen LogP contribution in [0.5, 0.6) is 0 Å². The summed E-state index contributed by atoms with van der Waals surface area (Å²) in [5.74, 6) is -0.377. The normalized spacial score (nSPS) is 12.5. The molecule has 0 fully saturated rings. The average molecular weight is 399 g/mol. The number of carbonyl (C=O) groups is 2. The lowest BCUT2D eigenvalue weighted by atomic mass is 10.1. The van der Waals surface area contributed by atoms with E-state index >= 15 is 0 Å². The minimum absolute atomic E-state index is 0.269. The van der Waals surface area contributed by atoms with Gasteiger partial charge in [0.2, 0.25) is 0 Å². The molecule has 0 bridgehead atoms. The Balaban J connectivity index is 1.55. The molecule has 2 aromatic carbocycles. The van der Waals surface area contributed by atoms with Crippen LogP contribution >= 0.6 is 0 Å². The Morgan fingerprint density at radius 1 is 1.03 bits per heavy atom. The maximum atomic E-state index is 12.9. The molecule has 0 aliphatic carbocycles. The number of nitrogens with zero attached hydrogens (tertiary/aromatic N) is 3. The summed E-state index contributed by atoms with van der Waals surface area (Å²) in [6, 6.07) is 18.3. The first kappa shape index (κ1) is 19.4. The second kappa shape index (κ2) is 8.62. The zero-order chi connectivity index (χ0) is 20.9. The Morgan fingerprint density at radius 3 is 2.53 bits per heavy atom. The van der Waals surface area contributed by atoms with Gasteiger partial charge in [-0.25, -0.2) is 4.98 Å². The molecule has 0 saturated heterocycles. The largest absolute Gasteiger partial charge is 0.345 e. The van der Waals surface area contributed by atoms with Crippen LogP contribution in [0.2, 0.25) is 0 Å². The van der Waals surface area contributed by atoms with Crippen molar-refractivity contribution in [3.63, 3.8) is 0 Å². The van der Waals surface area contributed by atoms with E-state index in [1.807, 2.05) is 41.0 Å². The third-order valence-electron chi connectivity index (χ3n) is 5.10. The van der Waals surface area contributed by atoms with E-state index in [4.69, 9.17) is 5.26 Å². The molecule has 150 valence electrons. The second-order valence-electron chi connectivity index (χ2n) is 7.15. The minimum atomic E-state index is -0.354. The molecule has 1 aliphatic rings. The molecule has 0 radical (unpaired) electrons. The third kappa shape index (κ3) is 4.08. The number of anilines is 1. The molecule has 2 N–H and O–H groups in total. The maximum Gasteiger partial charge on any atom is 0.287 e. The van der Waals surface area contributed by atoms with Gasteiger partial charge in [-0.2, -0.15) is 5.26 Å². The van der Waals surface area contributed by atoms with Gasteiger partial charge in [-0.15, -0.1) is 0 Å². The highest BCUT2D eigenvalue weighted by Crippen LogP contribution is 2.22. The topological polar surface area (TPSA) is 99.8 Å². The van der Waals surface area contributed by atoms with Crippen LogP contribution in [0.25, 0.3) is 0 Å². The number of hydrogen-bond acceptors (Lipinski definition) is 4. The third-order valence-corrected chi connectivity index (χ3v) is 5.10. The number of benzene rings is 2. The molecule has 7 nitrogen and oxygen atoms in total. The van der Waals surface area contributed by atoms with Crippen LogP contribution in [-0.2, 0) is 19.5 Å². The van der Waals surface area contributed by atoms with Gasteiger partial charge in [0.15, 0.2) is 11.5 Å². The summed E-state index contributed by atoms with van der Waals surface area (Å²) in [5.41, 5.74) is 3.16. The Bertz CT molecular complexity index is 1110. The Kier molecular flexibility index (Phi) is 5.57. The van der Waals surface area contributed by atoms with E-state index in [0.29, 0.717) is 30.8 Å². The fourth-order valence-corrected chi connectivity index (χ4v) is 3.57. The summed E-state index contributed by atoms with van der Waals surface area (Å²) in [6.45, 7) is 1.06. The van der Waals surface area contributed by atoms with E-state index in [0.717, 1.165) is 24.1 Å². The van der Waals surface area contributed by atoms with Crippen LogP contribution < -0.4 is 10.6 Å². The first-order chi connectivity index (χ1) is 14.7. The number of fused-ring (bicyclic) bond motifs is 1. The number of imidazole rings is 1. The number of carbonyl (C=O) groups excluding carboxylic acids is 2. The number of amides is 2. The van der Waals surface area contributed by atoms with Crippen molar-refractivity contribution in [1.82, 2.24) is 14.9 Å². The maximum absolute atomic E-state index is 12.9. The van der Waals surface area contributed by atoms with Crippen molar-refractivity contribution in [3.8, 4) is 6.07 Å². The van der Waals surface area contributed by atoms with Gasteiger partial charge in [0.25, 0.3) is 11.8 Å². The Labute approximate surface area is 174 Å². The summed E-state index contributed by atoms with van der Waals surface area (Å²) in [5, 5.41) is 14.6. The molecule has 1 aromatic heterocycles. The van der Waals surface area contributed by atoms with Crippen LogP contribution in [-0.4, -0.2) is 21.4 Å². The van der Waals surface area contributed by atoms with Gasteiger partial charge < -0.3 is 15.2 Å². The molecule has 3 aromatic rings. The Morgan fingerprint density at radius 2 is 1.80 bits per heavy atom. The monoisotopic (exact) mass is 399 g/mol. The zero-order valence-corrected chi connectivity index (χ0v) is 16.4. The highest BCUT2D eigenvalue weighted by atomic mass is 16.2. The van der Waals surface area contributed by atoms with Crippen LogP contribution in [0.15, 0.2) is 54.6 Å². The molecule has 30 heavy (non-hydrogen) atoms. The summed E-state index contributed by atoms with van der Waals surface area (Å²) < 4.78 is 1.86. The summed E-state index contributed by atoms with van der Waals surface area (Å²) >= 11 is 0. The van der Waals surface area contributed by atoms with Crippen molar-refractivity contribution in [1.29, 1.82) is 5.26 Å². The van der Waals surface area contributed by atoms with E-state index in [-0.39, 0.29) is 23.3 Å². The smallest absolute Gasteiger partial charge is 0.287 e. The quantitative estimate of drug-likeness (QED) is 0.688. The summed E-state index contributed by atoms with van der Waals surface area (Å²) in [6.07, 6.45) is 2.60. The number of hydrogen-bond donors (Lipinski definition) is 2. The number of nitrogens with one attached hydrogen (secondary N) is 2. The average Bonchev–Trinajstić information content (AvgIpc) is 3.19. The van der Waals surface area contributed by atoms with Gasteiger partial charge in [-0.3, -0.25) is 9.59 Å². The fraction of sp³-hybridized carbons (Fsp3) is 0.217. The summed E-state index contributed by atoms with van der Waals surface area (Å²) in [4.78, 5) is 30.1. The fourth-order valence-electron chi connectivity index (χ4n) is 3.57. The van der Waals surface area contributed by atoms with Crippen molar-refractivity contribution >= 4 is 17.5 Å². The van der Waals surface area contributed by atoms with Crippen molar-refractivity contribution < 1.29 is 9.59 Å². The molecule has 2 heterocycles.